The van der Waals surface area contributed by atoms with Crippen molar-refractivity contribution in [2.24, 2.45) is 5.92 Å². The second-order valence-corrected chi connectivity index (χ2v) is 9.78. The molecular weight excluding hydrogens is 432 g/mol. The van der Waals surface area contributed by atoms with Crippen LogP contribution in [0.1, 0.15) is 19.9 Å². The Morgan fingerprint density at radius 2 is 1.81 bits per heavy atom. The van der Waals surface area contributed by atoms with E-state index in [1.165, 1.54) is 44.2 Å². The Balaban J connectivity index is 1.93. The number of nitrogens with one attached hydrogen (secondary N) is 1. The number of carbonyl (C=O) groups is 1. The molecule has 32 heavy (non-hydrogen) atoms. The zero-order chi connectivity index (χ0) is 23.5. The summed E-state index contributed by atoms with van der Waals surface area (Å²) < 4.78 is 31.4. The van der Waals surface area contributed by atoms with Gasteiger partial charge in [0.25, 0.3) is 5.91 Å². The molecule has 0 radical (unpaired) electrons. The molecule has 1 unspecified atom stereocenters. The van der Waals surface area contributed by atoms with Crippen molar-refractivity contribution in [3.05, 3.63) is 48.5 Å². The molecule has 0 fully saturated rings. The highest BCUT2D eigenvalue weighted by Crippen LogP contribution is 2.30. The molecule has 1 atom stereocenters. The number of rotatable bonds is 8. The molecule has 0 aliphatic rings. The van der Waals surface area contributed by atoms with E-state index in [-0.39, 0.29) is 16.5 Å². The molecule has 0 saturated heterocycles. The lowest BCUT2D eigenvalue weighted by atomic mass is 10.0. The van der Waals surface area contributed by atoms with Gasteiger partial charge in [-0.15, -0.1) is 10.2 Å². The number of ether oxygens (including phenoxy) is 1. The van der Waals surface area contributed by atoms with Gasteiger partial charge in [0.2, 0.25) is 15.8 Å². The smallest absolute Gasteiger partial charge is 0.251 e. The lowest BCUT2D eigenvalue weighted by Crippen LogP contribution is -2.32. The van der Waals surface area contributed by atoms with Gasteiger partial charge in [-0.1, -0.05) is 44.2 Å². The first-order chi connectivity index (χ1) is 15.1. The number of benzene rings is 2. The summed E-state index contributed by atoms with van der Waals surface area (Å²) in [4.78, 5) is 14.5. The first-order valence-electron chi connectivity index (χ1n) is 9.91. The van der Waals surface area contributed by atoms with Crippen molar-refractivity contribution in [2.45, 2.75) is 24.8 Å². The highest BCUT2D eigenvalue weighted by atomic mass is 32.2. The molecule has 10 nitrogen and oxygen atoms in total. The highest BCUT2D eigenvalue weighted by Gasteiger charge is 2.29. The van der Waals surface area contributed by atoms with Crippen LogP contribution in [0.25, 0.3) is 11.4 Å². The van der Waals surface area contributed by atoms with Gasteiger partial charge in [-0.05, 0) is 29.3 Å². The fourth-order valence-electron chi connectivity index (χ4n) is 3.08. The summed E-state index contributed by atoms with van der Waals surface area (Å²) in [7, 11) is 0.627. The molecule has 1 aromatic heterocycles. The Bertz CT molecular complexity index is 1190. The van der Waals surface area contributed by atoms with Crippen LogP contribution in [0.4, 0.5) is 5.69 Å². The predicted molar refractivity (Wildman–Crippen MR) is 120 cm³/mol. The zero-order valence-electron chi connectivity index (χ0n) is 18.6. The number of methoxy groups -OCH3 is 1. The topological polar surface area (TPSA) is 119 Å². The molecule has 0 bridgehead atoms. The predicted octanol–water partition coefficient (Wildman–Crippen LogP) is 2.43. The minimum Gasteiger partial charge on any atom is -0.495 e. The van der Waals surface area contributed by atoms with Crippen LogP contribution < -0.4 is 10.1 Å². The van der Waals surface area contributed by atoms with Crippen molar-refractivity contribution < 1.29 is 17.9 Å². The van der Waals surface area contributed by atoms with E-state index < -0.39 is 22.0 Å². The standard InChI is InChI=1S/C21H26N6O4S/c1-14(2)19(27-24-20(23-25-27)15-9-7-6-8-10-15)21(28)22-17-13-16(11-12-18(17)31-5)32(29,30)26(3)4/h6-14,19H,1-5H3,(H,22,28). The molecule has 1 N–H and O–H groups in total. The van der Waals surface area contributed by atoms with Gasteiger partial charge in [-0.2, -0.15) is 4.80 Å². The Kier molecular flexibility index (Phi) is 6.90. The molecule has 0 aliphatic heterocycles. The maximum atomic E-state index is 13.2. The maximum absolute atomic E-state index is 13.2. The number of nitrogens with zero attached hydrogens (tertiary/aromatic N) is 5. The molecular formula is C21H26N6O4S. The Labute approximate surface area is 187 Å². The van der Waals surface area contributed by atoms with Gasteiger partial charge in [0.1, 0.15) is 5.75 Å². The molecule has 1 amide bonds. The van der Waals surface area contributed by atoms with E-state index in [1.807, 2.05) is 44.2 Å². The summed E-state index contributed by atoms with van der Waals surface area (Å²) >= 11 is 0. The van der Waals surface area contributed by atoms with Gasteiger partial charge >= 0.3 is 0 Å². The van der Waals surface area contributed by atoms with Crippen LogP contribution in [0.2, 0.25) is 0 Å². The highest BCUT2D eigenvalue weighted by molar-refractivity contribution is 7.89. The number of sulfonamides is 1. The van der Waals surface area contributed by atoms with Crippen molar-refractivity contribution in [3.8, 4) is 17.1 Å². The van der Waals surface area contributed by atoms with Crippen molar-refractivity contribution in [2.75, 3.05) is 26.5 Å². The maximum Gasteiger partial charge on any atom is 0.251 e. The van der Waals surface area contributed by atoms with Gasteiger partial charge < -0.3 is 10.1 Å². The SMILES string of the molecule is COc1ccc(S(=O)(=O)N(C)C)cc1NC(=O)C(C(C)C)n1nnc(-c2ccccc2)n1. The summed E-state index contributed by atoms with van der Waals surface area (Å²) in [6.45, 7) is 3.72. The van der Waals surface area contributed by atoms with E-state index in [0.717, 1.165) is 9.87 Å². The molecule has 1 heterocycles. The number of tetrazole rings is 1. The van der Waals surface area contributed by atoms with E-state index in [1.54, 1.807) is 0 Å². The second-order valence-electron chi connectivity index (χ2n) is 7.63. The van der Waals surface area contributed by atoms with E-state index in [4.69, 9.17) is 4.74 Å². The minimum atomic E-state index is -3.69. The molecule has 2 aromatic carbocycles. The quantitative estimate of drug-likeness (QED) is 0.550. The van der Waals surface area contributed by atoms with Gasteiger partial charge in [-0.3, -0.25) is 4.79 Å². The fraction of sp³-hybridized carbons (Fsp3) is 0.333. The Morgan fingerprint density at radius 1 is 1.12 bits per heavy atom. The van der Waals surface area contributed by atoms with Gasteiger partial charge in [0.15, 0.2) is 6.04 Å². The van der Waals surface area contributed by atoms with Crippen LogP contribution in [0.15, 0.2) is 53.4 Å². The molecule has 11 heteroatoms. The lowest BCUT2D eigenvalue weighted by Gasteiger charge is -2.20. The van der Waals surface area contributed by atoms with Crippen molar-refractivity contribution in [1.82, 2.24) is 24.5 Å². The third-order valence-electron chi connectivity index (χ3n) is 4.82. The third kappa shape index (κ3) is 4.78. The number of anilines is 1. The molecule has 3 aromatic rings. The van der Waals surface area contributed by atoms with E-state index in [9.17, 15) is 13.2 Å². The monoisotopic (exact) mass is 458 g/mol. The molecule has 170 valence electrons. The zero-order valence-corrected chi connectivity index (χ0v) is 19.4. The number of hydrogen-bond donors (Lipinski definition) is 1. The number of amides is 1. The van der Waals surface area contributed by atoms with Crippen LogP contribution in [0, 0.1) is 5.92 Å². The number of aromatic nitrogens is 4. The summed E-state index contributed by atoms with van der Waals surface area (Å²) in [6, 6.07) is 12.8. The first kappa shape index (κ1) is 23.4. The van der Waals surface area contributed by atoms with Crippen molar-refractivity contribution in [1.29, 1.82) is 0 Å². The first-order valence-corrected chi connectivity index (χ1v) is 11.4. The normalized spacial score (nSPS) is 12.7. The Morgan fingerprint density at radius 3 is 2.41 bits per heavy atom. The average Bonchev–Trinajstić information content (AvgIpc) is 3.23. The lowest BCUT2D eigenvalue weighted by molar-refractivity contribution is -0.121. The molecule has 0 saturated carbocycles. The minimum absolute atomic E-state index is 0.0324. The van der Waals surface area contributed by atoms with Crippen molar-refractivity contribution >= 4 is 21.6 Å². The number of hydrogen-bond acceptors (Lipinski definition) is 7. The summed E-state index contributed by atoms with van der Waals surface area (Å²) in [5, 5.41) is 15.3. The van der Waals surface area contributed by atoms with E-state index >= 15 is 0 Å². The average molecular weight is 459 g/mol. The molecule has 3 rings (SSSR count). The molecule has 0 spiro atoms. The van der Waals surface area contributed by atoms with E-state index in [2.05, 4.69) is 20.7 Å². The van der Waals surface area contributed by atoms with Crippen LogP contribution in [-0.2, 0) is 14.8 Å². The van der Waals surface area contributed by atoms with Gasteiger partial charge in [0, 0.05) is 19.7 Å². The van der Waals surface area contributed by atoms with Crippen molar-refractivity contribution in [3.63, 3.8) is 0 Å². The third-order valence-corrected chi connectivity index (χ3v) is 6.63. The number of carbonyl (C=O) groups excluding carboxylic acids is 1. The summed E-state index contributed by atoms with van der Waals surface area (Å²) in [6.07, 6.45) is 0. The Hall–Kier alpha value is -3.31. The van der Waals surface area contributed by atoms with Gasteiger partial charge in [-0.25, -0.2) is 12.7 Å². The second kappa shape index (κ2) is 9.45. The molecule has 0 aliphatic carbocycles. The van der Waals surface area contributed by atoms with Crippen LogP contribution in [-0.4, -0.2) is 60.0 Å². The van der Waals surface area contributed by atoms with Gasteiger partial charge in [0.05, 0.1) is 17.7 Å². The van der Waals surface area contributed by atoms with Crippen LogP contribution in [0.5, 0.6) is 5.75 Å². The van der Waals surface area contributed by atoms with Crippen LogP contribution >= 0.6 is 0 Å². The van der Waals surface area contributed by atoms with Crippen LogP contribution in [0.3, 0.4) is 0 Å². The summed E-state index contributed by atoms with van der Waals surface area (Å²) in [5.41, 5.74) is 1.01. The van der Waals surface area contributed by atoms with E-state index in [0.29, 0.717) is 11.6 Å². The summed E-state index contributed by atoms with van der Waals surface area (Å²) in [5.74, 6) is 0.137. The largest absolute Gasteiger partial charge is 0.495 e. The fourth-order valence-corrected chi connectivity index (χ4v) is 4.01.